The number of nitrogens with one attached hydrogen (secondary N) is 1. The number of nitrogens with zero attached hydrogens (tertiary/aromatic N) is 4. The van der Waals surface area contributed by atoms with Gasteiger partial charge in [-0.3, -0.25) is 9.52 Å². The van der Waals surface area contributed by atoms with Crippen molar-refractivity contribution in [2.24, 2.45) is 0 Å². The Morgan fingerprint density at radius 3 is 2.82 bits per heavy atom. The second-order valence-electron chi connectivity index (χ2n) is 7.95. The number of pyridine rings is 2. The van der Waals surface area contributed by atoms with Crippen molar-refractivity contribution in [2.75, 3.05) is 34.7 Å². The Hall–Kier alpha value is -3.66. The highest BCUT2D eigenvalue weighted by Crippen LogP contribution is 2.37. The fourth-order valence-electron chi connectivity index (χ4n) is 4.13. The van der Waals surface area contributed by atoms with Gasteiger partial charge in [-0.15, -0.1) is 0 Å². The van der Waals surface area contributed by atoms with E-state index in [-0.39, 0.29) is 11.7 Å². The van der Waals surface area contributed by atoms with Gasteiger partial charge in [-0.05, 0) is 54.4 Å². The lowest BCUT2D eigenvalue weighted by molar-refractivity contribution is 0.0994. The van der Waals surface area contributed by atoms with Gasteiger partial charge in [-0.1, -0.05) is 0 Å². The molecule has 0 bridgehead atoms. The number of amides is 1. The minimum Gasteiger partial charge on any atom is -0.493 e. The summed E-state index contributed by atoms with van der Waals surface area (Å²) in [5.74, 6) is 1.70. The number of ether oxygens (including phenoxy) is 1. The summed E-state index contributed by atoms with van der Waals surface area (Å²) < 4.78 is 31.8. The van der Waals surface area contributed by atoms with Gasteiger partial charge in [0.15, 0.2) is 5.82 Å². The van der Waals surface area contributed by atoms with Crippen molar-refractivity contribution in [3.05, 3.63) is 65.5 Å². The summed E-state index contributed by atoms with van der Waals surface area (Å²) in [6, 6.07) is 10.7. The van der Waals surface area contributed by atoms with Crippen LogP contribution in [0.4, 0.5) is 23.0 Å². The first-order valence-electron chi connectivity index (χ1n) is 10.6. The Morgan fingerprint density at radius 1 is 1.15 bits per heavy atom. The van der Waals surface area contributed by atoms with Crippen molar-refractivity contribution < 1.29 is 17.9 Å². The lowest BCUT2D eigenvalue weighted by atomic mass is 10.1. The molecule has 0 aliphatic carbocycles. The van der Waals surface area contributed by atoms with Crippen LogP contribution in [0.5, 0.6) is 5.75 Å². The summed E-state index contributed by atoms with van der Waals surface area (Å²) in [6.45, 7) is 2.98. The zero-order valence-electron chi connectivity index (χ0n) is 18.3. The number of benzene rings is 1. The van der Waals surface area contributed by atoms with Crippen LogP contribution in [0.25, 0.3) is 0 Å². The van der Waals surface area contributed by atoms with E-state index in [4.69, 9.17) is 4.74 Å². The topological polar surface area (TPSA) is 105 Å². The van der Waals surface area contributed by atoms with E-state index >= 15 is 0 Å². The van der Waals surface area contributed by atoms with Gasteiger partial charge in [0.25, 0.3) is 5.91 Å². The Kier molecular flexibility index (Phi) is 5.16. The molecule has 0 unspecified atom stereocenters. The molecule has 0 spiro atoms. The van der Waals surface area contributed by atoms with Crippen LogP contribution in [0, 0.1) is 0 Å². The van der Waals surface area contributed by atoms with Gasteiger partial charge in [0.1, 0.15) is 11.6 Å². The molecule has 0 fully saturated rings. The van der Waals surface area contributed by atoms with Crippen molar-refractivity contribution in [3.8, 4) is 5.75 Å². The molecule has 10 heteroatoms. The monoisotopic (exact) mass is 465 g/mol. The zero-order valence-corrected chi connectivity index (χ0v) is 19.1. The maximum absolute atomic E-state index is 13.2. The van der Waals surface area contributed by atoms with Crippen LogP contribution in [0.15, 0.2) is 48.8 Å². The fraction of sp³-hybridized carbons (Fsp3) is 0.261. The van der Waals surface area contributed by atoms with Crippen LogP contribution in [0.2, 0.25) is 0 Å². The van der Waals surface area contributed by atoms with Crippen LogP contribution < -0.4 is 19.3 Å². The Bertz CT molecular complexity index is 1360. The second-order valence-corrected chi connectivity index (χ2v) is 9.67. The van der Waals surface area contributed by atoms with E-state index in [1.807, 2.05) is 30.0 Å². The third-order valence-corrected chi connectivity index (χ3v) is 6.98. The van der Waals surface area contributed by atoms with Gasteiger partial charge in [0.2, 0.25) is 10.0 Å². The third-order valence-electron chi connectivity index (χ3n) is 5.76. The summed E-state index contributed by atoms with van der Waals surface area (Å²) in [4.78, 5) is 25.9. The predicted molar refractivity (Wildman–Crippen MR) is 126 cm³/mol. The van der Waals surface area contributed by atoms with Gasteiger partial charge in [0, 0.05) is 32.4 Å². The van der Waals surface area contributed by atoms with E-state index in [0.717, 1.165) is 11.3 Å². The molecule has 2 aliphatic heterocycles. The molecule has 5 rings (SSSR count). The molecule has 1 aromatic carbocycles. The quantitative estimate of drug-likeness (QED) is 0.617. The lowest BCUT2D eigenvalue weighted by Gasteiger charge is -2.22. The highest BCUT2D eigenvalue weighted by atomic mass is 32.2. The Balaban J connectivity index is 1.35. The van der Waals surface area contributed by atoms with E-state index in [9.17, 15) is 13.2 Å². The summed E-state index contributed by atoms with van der Waals surface area (Å²) in [6.07, 6.45) is 4.01. The van der Waals surface area contributed by atoms with Crippen molar-refractivity contribution >= 4 is 38.9 Å². The number of rotatable bonds is 5. The lowest BCUT2D eigenvalue weighted by Crippen LogP contribution is -2.25. The number of hydrogen-bond donors (Lipinski definition) is 1. The molecule has 0 radical (unpaired) electrons. The Labute approximate surface area is 192 Å². The number of sulfonamides is 1. The van der Waals surface area contributed by atoms with Gasteiger partial charge in [-0.2, -0.15) is 0 Å². The zero-order chi connectivity index (χ0) is 23.2. The first kappa shape index (κ1) is 21.2. The average Bonchev–Trinajstić information content (AvgIpc) is 3.08. The van der Waals surface area contributed by atoms with Crippen molar-refractivity contribution in [1.29, 1.82) is 0 Å². The number of aromatic nitrogens is 2. The predicted octanol–water partition coefficient (Wildman–Crippen LogP) is 3.10. The number of anilines is 4. The summed E-state index contributed by atoms with van der Waals surface area (Å²) in [5.41, 5.74) is 3.41. The van der Waals surface area contributed by atoms with Crippen LogP contribution in [-0.2, 0) is 22.2 Å². The SMILES string of the molecule is CCN1c2ncc(CCOc3ccc4c(c3)CS(=O)(=O)N4)cc2C(=O)N(C)c2cccnc21. The minimum atomic E-state index is -3.29. The standard InChI is InChI=1S/C23H23N5O4S/c1-3-28-21-18(23(29)27(2)20-5-4-9-24-22(20)28)11-15(13-25-21)8-10-32-17-6-7-19-16(12-17)14-33(30,31)26-19/h4-7,9,11-13,26H,3,8,10,14H2,1-2H3. The number of carbonyl (C=O) groups excluding carboxylic acids is 1. The Morgan fingerprint density at radius 2 is 2.00 bits per heavy atom. The number of hydrogen-bond acceptors (Lipinski definition) is 7. The van der Waals surface area contributed by atoms with E-state index < -0.39 is 10.0 Å². The smallest absolute Gasteiger partial charge is 0.261 e. The van der Waals surface area contributed by atoms with E-state index in [0.29, 0.717) is 53.8 Å². The van der Waals surface area contributed by atoms with Crippen molar-refractivity contribution in [1.82, 2.24) is 9.97 Å². The van der Waals surface area contributed by atoms with E-state index in [2.05, 4.69) is 14.7 Å². The largest absolute Gasteiger partial charge is 0.493 e. The molecule has 170 valence electrons. The highest BCUT2D eigenvalue weighted by molar-refractivity contribution is 7.92. The molecule has 0 saturated carbocycles. The first-order valence-corrected chi connectivity index (χ1v) is 12.3. The molecule has 33 heavy (non-hydrogen) atoms. The molecule has 9 nitrogen and oxygen atoms in total. The van der Waals surface area contributed by atoms with Crippen LogP contribution in [0.1, 0.15) is 28.4 Å². The maximum atomic E-state index is 13.2. The van der Waals surface area contributed by atoms with Crippen LogP contribution in [0.3, 0.4) is 0 Å². The van der Waals surface area contributed by atoms with Crippen molar-refractivity contribution in [3.63, 3.8) is 0 Å². The highest BCUT2D eigenvalue weighted by Gasteiger charge is 2.30. The molecule has 1 N–H and O–H groups in total. The maximum Gasteiger partial charge on any atom is 0.261 e. The molecule has 2 aromatic heterocycles. The fourth-order valence-corrected chi connectivity index (χ4v) is 5.39. The molecular formula is C23H23N5O4S. The third kappa shape index (κ3) is 3.86. The van der Waals surface area contributed by atoms with Gasteiger partial charge >= 0.3 is 0 Å². The average molecular weight is 466 g/mol. The van der Waals surface area contributed by atoms with Gasteiger partial charge in [-0.25, -0.2) is 18.4 Å². The number of fused-ring (bicyclic) bond motifs is 3. The van der Waals surface area contributed by atoms with Crippen LogP contribution in [-0.4, -0.2) is 44.5 Å². The molecule has 0 saturated heterocycles. The van der Waals surface area contributed by atoms with E-state index in [1.54, 1.807) is 42.5 Å². The normalized spacial score (nSPS) is 15.9. The molecule has 1 amide bonds. The van der Waals surface area contributed by atoms with Crippen molar-refractivity contribution in [2.45, 2.75) is 19.1 Å². The molecule has 2 aliphatic rings. The summed E-state index contributed by atoms with van der Waals surface area (Å²) in [5, 5.41) is 0. The first-order chi connectivity index (χ1) is 15.9. The van der Waals surface area contributed by atoms with E-state index in [1.165, 1.54) is 0 Å². The van der Waals surface area contributed by atoms with Crippen LogP contribution >= 0.6 is 0 Å². The summed E-state index contributed by atoms with van der Waals surface area (Å²) >= 11 is 0. The molecule has 0 atom stereocenters. The van der Waals surface area contributed by atoms with Gasteiger partial charge < -0.3 is 14.5 Å². The summed E-state index contributed by atoms with van der Waals surface area (Å²) in [7, 11) is -1.55. The molecule has 4 heterocycles. The number of carbonyl (C=O) groups is 1. The van der Waals surface area contributed by atoms with Gasteiger partial charge in [0.05, 0.1) is 29.3 Å². The second kappa shape index (κ2) is 8.04. The molecule has 3 aromatic rings. The molecular weight excluding hydrogens is 442 g/mol. The minimum absolute atomic E-state index is 0.0465.